The zero-order valence-electron chi connectivity index (χ0n) is 21.5. The van der Waals surface area contributed by atoms with Crippen LogP contribution in [0.2, 0.25) is 0 Å². The van der Waals surface area contributed by atoms with Gasteiger partial charge in [0.1, 0.15) is 24.3 Å². The molecule has 38 heavy (non-hydrogen) atoms. The van der Waals surface area contributed by atoms with Crippen molar-refractivity contribution in [3.05, 3.63) is 83.7 Å². The molecule has 1 aliphatic heterocycles. The van der Waals surface area contributed by atoms with E-state index in [1.54, 1.807) is 24.3 Å². The minimum absolute atomic E-state index is 0.0917. The van der Waals surface area contributed by atoms with Crippen LogP contribution in [0.25, 0.3) is 0 Å². The predicted octanol–water partition coefficient (Wildman–Crippen LogP) is 3.82. The number of carbonyl (C=O) groups excluding carboxylic acids is 3. The Balaban J connectivity index is 1.32. The molecule has 1 N–H and O–H groups in total. The van der Waals surface area contributed by atoms with Crippen molar-refractivity contribution >= 4 is 28.6 Å². The molecule has 0 bridgehead atoms. The molecule has 0 radical (unpaired) electrons. The van der Waals surface area contributed by atoms with Crippen LogP contribution < -0.4 is 5.32 Å². The molecular formula is C29H35FN2O5S. The number of hydrogen-bond acceptors (Lipinski definition) is 5. The molecule has 1 saturated heterocycles. The van der Waals surface area contributed by atoms with Gasteiger partial charge in [-0.2, -0.15) is 0 Å². The first-order valence-electron chi connectivity index (χ1n) is 12.9. The molecule has 0 saturated carbocycles. The van der Waals surface area contributed by atoms with Gasteiger partial charge >= 0.3 is 5.97 Å². The highest BCUT2D eigenvalue weighted by atomic mass is 32.2. The Morgan fingerprint density at radius 1 is 1.03 bits per heavy atom. The second kappa shape index (κ2) is 15.2. The first-order chi connectivity index (χ1) is 18.4. The zero-order valence-corrected chi connectivity index (χ0v) is 22.3. The summed E-state index contributed by atoms with van der Waals surface area (Å²) in [6, 6.07) is 13.8. The molecule has 9 heteroatoms. The molecule has 2 atom stereocenters. The molecule has 2 aromatic carbocycles. The number of carbonyl (C=O) groups is 3. The van der Waals surface area contributed by atoms with Gasteiger partial charge in [0.2, 0.25) is 11.8 Å². The average Bonchev–Trinajstić information content (AvgIpc) is 2.90. The van der Waals surface area contributed by atoms with E-state index in [1.807, 2.05) is 12.1 Å². The van der Waals surface area contributed by atoms with E-state index in [4.69, 9.17) is 4.74 Å². The number of halogens is 1. The third-order valence-electron chi connectivity index (χ3n) is 6.30. The normalized spacial score (nSPS) is 15.4. The smallest absolute Gasteiger partial charge is 0.310 e. The van der Waals surface area contributed by atoms with Crippen molar-refractivity contribution in [1.82, 2.24) is 10.2 Å². The number of nitrogens with zero attached hydrogens (tertiary/aromatic N) is 1. The van der Waals surface area contributed by atoms with Crippen molar-refractivity contribution < 1.29 is 27.7 Å². The molecule has 2 aromatic rings. The molecule has 204 valence electrons. The van der Waals surface area contributed by atoms with Gasteiger partial charge in [0.25, 0.3) is 0 Å². The number of hydrogen-bond donors (Lipinski definition) is 1. The molecule has 0 aliphatic carbocycles. The van der Waals surface area contributed by atoms with Gasteiger partial charge in [-0.15, -0.1) is 0 Å². The fraction of sp³-hybridized carbons (Fsp3) is 0.414. The highest BCUT2D eigenvalue weighted by Gasteiger charge is 2.41. The lowest BCUT2D eigenvalue weighted by molar-refractivity contribution is -0.145. The van der Waals surface area contributed by atoms with Gasteiger partial charge in [0.05, 0.1) is 18.6 Å². The van der Waals surface area contributed by atoms with Crippen molar-refractivity contribution in [1.29, 1.82) is 0 Å². The minimum atomic E-state index is -1.34. The summed E-state index contributed by atoms with van der Waals surface area (Å²) in [6.45, 7) is 4.11. The highest BCUT2D eigenvalue weighted by Crippen LogP contribution is 2.24. The molecule has 1 fully saturated rings. The second-order valence-corrected chi connectivity index (χ2v) is 10.9. The third kappa shape index (κ3) is 9.52. The maximum absolute atomic E-state index is 12.9. The molecule has 0 spiro atoms. The van der Waals surface area contributed by atoms with Crippen molar-refractivity contribution in [3.63, 3.8) is 0 Å². The summed E-state index contributed by atoms with van der Waals surface area (Å²) in [7, 11) is -1.34. The monoisotopic (exact) mass is 542 g/mol. The van der Waals surface area contributed by atoms with Crippen LogP contribution >= 0.6 is 0 Å². The Kier molecular flexibility index (Phi) is 11.7. The fourth-order valence-electron chi connectivity index (χ4n) is 4.13. The van der Waals surface area contributed by atoms with Gasteiger partial charge in [-0.05, 0) is 48.1 Å². The van der Waals surface area contributed by atoms with Crippen LogP contribution in [0.4, 0.5) is 4.39 Å². The Hall–Kier alpha value is -3.33. The zero-order chi connectivity index (χ0) is 27.3. The van der Waals surface area contributed by atoms with E-state index in [2.05, 4.69) is 11.9 Å². The molecule has 2 unspecified atom stereocenters. The predicted molar refractivity (Wildman–Crippen MR) is 145 cm³/mol. The van der Waals surface area contributed by atoms with Crippen LogP contribution in [0.5, 0.6) is 0 Å². The molecule has 1 heterocycles. The summed E-state index contributed by atoms with van der Waals surface area (Å²) in [5.74, 6) is -0.736. The lowest BCUT2D eigenvalue weighted by Gasteiger charge is -2.39. The van der Waals surface area contributed by atoms with Gasteiger partial charge in [0, 0.05) is 17.3 Å². The number of β-lactam (4-membered cyclic amide) rings is 1. The number of aryl methyl sites for hydroxylation is 1. The lowest BCUT2D eigenvalue weighted by atomic mass is 10.1. The van der Waals surface area contributed by atoms with E-state index >= 15 is 0 Å². The van der Waals surface area contributed by atoms with Crippen LogP contribution in [0, 0.1) is 5.82 Å². The molecule has 2 amide bonds. The Labute approximate surface area is 225 Å². The summed E-state index contributed by atoms with van der Waals surface area (Å²) in [6.07, 6.45) is 6.53. The van der Waals surface area contributed by atoms with Crippen molar-refractivity contribution in [2.45, 2.75) is 56.1 Å². The second-order valence-electron chi connectivity index (χ2n) is 9.31. The van der Waals surface area contributed by atoms with E-state index < -0.39 is 16.2 Å². The Morgan fingerprint density at radius 2 is 1.68 bits per heavy atom. The topological polar surface area (TPSA) is 92.8 Å². The largest absolute Gasteiger partial charge is 0.461 e. The summed E-state index contributed by atoms with van der Waals surface area (Å²) >= 11 is 0. The Bertz CT molecular complexity index is 1120. The lowest BCUT2D eigenvalue weighted by Crippen LogP contribution is -2.57. The molecule has 3 rings (SSSR count). The first kappa shape index (κ1) is 29.2. The molecule has 1 aliphatic rings. The molecule has 0 aromatic heterocycles. The summed E-state index contributed by atoms with van der Waals surface area (Å²) in [5, 5.41) is 2.37. The summed E-state index contributed by atoms with van der Waals surface area (Å²) in [4.78, 5) is 37.5. The molecule has 7 nitrogen and oxygen atoms in total. The minimum Gasteiger partial charge on any atom is -0.461 e. The number of benzene rings is 2. The van der Waals surface area contributed by atoms with Crippen molar-refractivity contribution in [2.75, 3.05) is 19.7 Å². The van der Waals surface area contributed by atoms with E-state index in [1.165, 1.54) is 23.1 Å². The quantitative estimate of drug-likeness (QED) is 0.151. The number of nitrogens with one attached hydrogen (secondary N) is 1. The molecular weight excluding hydrogens is 507 g/mol. The summed E-state index contributed by atoms with van der Waals surface area (Å²) in [5.41, 5.74) is 2.73. The highest BCUT2D eigenvalue weighted by molar-refractivity contribution is 7.85. The van der Waals surface area contributed by atoms with E-state index in [0.29, 0.717) is 6.54 Å². The number of rotatable bonds is 16. The van der Waals surface area contributed by atoms with Gasteiger partial charge < -0.3 is 15.0 Å². The third-order valence-corrected chi connectivity index (χ3v) is 7.95. The fourth-order valence-corrected chi connectivity index (χ4v) is 5.65. The van der Waals surface area contributed by atoms with Gasteiger partial charge in [-0.1, -0.05) is 61.9 Å². The number of ether oxygens (including phenoxy) is 1. The van der Waals surface area contributed by atoms with Gasteiger partial charge in [-0.3, -0.25) is 18.6 Å². The maximum atomic E-state index is 12.9. The van der Waals surface area contributed by atoms with Gasteiger partial charge in [-0.25, -0.2) is 4.39 Å². The number of esters is 1. The Morgan fingerprint density at radius 3 is 2.37 bits per heavy atom. The van der Waals surface area contributed by atoms with E-state index in [0.717, 1.165) is 48.8 Å². The van der Waals surface area contributed by atoms with Crippen LogP contribution in [0.3, 0.4) is 0 Å². The SMILES string of the molecule is C=CCOC(=O)Cc1ccc(CS(=O)C2CC(=O)N2CC(=O)NCCCCCCc2ccc(F)cc2)cc1. The maximum Gasteiger partial charge on any atom is 0.310 e. The van der Waals surface area contributed by atoms with Crippen LogP contribution in [-0.2, 0) is 48.5 Å². The van der Waals surface area contributed by atoms with E-state index in [-0.39, 0.29) is 55.3 Å². The van der Waals surface area contributed by atoms with Crippen LogP contribution in [0.1, 0.15) is 48.8 Å². The number of likely N-dealkylation sites (tertiary alicyclic amines) is 1. The first-order valence-corrected chi connectivity index (χ1v) is 14.3. The standard InChI is InChI=1S/C29H35FN2O5S/c1-2-17-37-29(35)18-23-8-10-24(11-9-23)21-38(36)28-19-27(34)32(28)20-26(33)31-16-6-4-3-5-7-22-12-14-25(30)15-13-22/h2,8-15,28H,1,3-7,16-21H2,(H,31,33). The van der Waals surface area contributed by atoms with Gasteiger partial charge in [0.15, 0.2) is 0 Å². The van der Waals surface area contributed by atoms with Crippen molar-refractivity contribution in [3.8, 4) is 0 Å². The van der Waals surface area contributed by atoms with Crippen molar-refractivity contribution in [2.24, 2.45) is 0 Å². The average molecular weight is 543 g/mol. The summed E-state index contributed by atoms with van der Waals surface area (Å²) < 4.78 is 30.8. The van der Waals surface area contributed by atoms with E-state index in [9.17, 15) is 23.0 Å². The van der Waals surface area contributed by atoms with Crippen LogP contribution in [0.15, 0.2) is 61.2 Å². The van der Waals surface area contributed by atoms with Crippen LogP contribution in [-0.4, -0.2) is 52.0 Å². The number of amides is 2. The number of unbranched alkanes of at least 4 members (excludes halogenated alkanes) is 3.